The third-order valence-corrected chi connectivity index (χ3v) is 8.13. The molecule has 0 saturated carbocycles. The Bertz CT molecular complexity index is 1730. The van der Waals surface area contributed by atoms with Gasteiger partial charge in [-0.25, -0.2) is 9.78 Å². The van der Waals surface area contributed by atoms with Crippen LogP contribution in [0.25, 0.3) is 5.76 Å². The Labute approximate surface area is 258 Å². The summed E-state index contributed by atoms with van der Waals surface area (Å²) in [4.78, 5) is 45.5. The number of carbonyl (C=O) groups is 3. The highest BCUT2D eigenvalue weighted by atomic mass is 32.1. The number of nitrogens with zero attached hydrogens (tertiary/aromatic N) is 2. The number of rotatable bonds is 10. The smallest absolute Gasteiger partial charge is 0.350 e. The lowest BCUT2D eigenvalue weighted by Crippen LogP contribution is -2.29. The minimum Gasteiger partial charge on any atom is -0.507 e. The van der Waals surface area contributed by atoms with E-state index >= 15 is 0 Å². The molecule has 1 aliphatic rings. The van der Waals surface area contributed by atoms with Gasteiger partial charge in [0, 0.05) is 5.56 Å². The van der Waals surface area contributed by atoms with E-state index in [1.54, 1.807) is 49.4 Å². The number of ketones is 1. The maximum atomic E-state index is 13.6. The summed E-state index contributed by atoms with van der Waals surface area (Å²) < 4.78 is 22.1. The van der Waals surface area contributed by atoms with Crippen LogP contribution in [-0.4, -0.2) is 48.6 Å². The molecule has 1 amide bonds. The number of hydrogen-bond acceptors (Lipinski definition) is 10. The van der Waals surface area contributed by atoms with E-state index in [2.05, 4.69) is 4.98 Å². The molecule has 0 spiro atoms. The van der Waals surface area contributed by atoms with Gasteiger partial charge in [0.15, 0.2) is 16.6 Å². The predicted octanol–water partition coefficient (Wildman–Crippen LogP) is 5.85. The maximum Gasteiger partial charge on any atom is 0.350 e. The first kappa shape index (κ1) is 30.3. The van der Waals surface area contributed by atoms with Crippen LogP contribution < -0.4 is 19.1 Å². The molecule has 10 nitrogen and oxygen atoms in total. The van der Waals surface area contributed by atoms with E-state index in [0.717, 1.165) is 16.9 Å². The fourth-order valence-corrected chi connectivity index (χ4v) is 5.85. The second-order valence-corrected chi connectivity index (χ2v) is 10.7. The molecule has 1 saturated heterocycles. The first-order valence-corrected chi connectivity index (χ1v) is 14.5. The fourth-order valence-electron chi connectivity index (χ4n) is 4.83. The number of esters is 1. The molecular weight excluding hydrogens is 584 g/mol. The minimum absolute atomic E-state index is 0.103. The minimum atomic E-state index is -1.10. The summed E-state index contributed by atoms with van der Waals surface area (Å²) in [6.45, 7) is 4.06. The van der Waals surface area contributed by atoms with Crippen molar-refractivity contribution in [2.45, 2.75) is 26.5 Å². The van der Waals surface area contributed by atoms with Crippen molar-refractivity contribution in [1.29, 1.82) is 0 Å². The van der Waals surface area contributed by atoms with Gasteiger partial charge in [-0.1, -0.05) is 47.7 Å². The molecule has 1 atom stereocenters. The Morgan fingerprint density at radius 1 is 0.977 bits per heavy atom. The zero-order valence-electron chi connectivity index (χ0n) is 24.5. The van der Waals surface area contributed by atoms with Gasteiger partial charge in [0.05, 0.1) is 38.1 Å². The van der Waals surface area contributed by atoms with Crippen molar-refractivity contribution in [1.82, 2.24) is 4.98 Å². The molecular formula is C33H30N2O8S. The van der Waals surface area contributed by atoms with Gasteiger partial charge in [-0.3, -0.25) is 14.5 Å². The van der Waals surface area contributed by atoms with Crippen LogP contribution in [0, 0.1) is 6.92 Å². The zero-order chi connectivity index (χ0) is 31.4. The molecule has 0 bridgehead atoms. The fraction of sp³-hybridized carbons (Fsp3) is 0.212. The Kier molecular flexibility index (Phi) is 8.96. The van der Waals surface area contributed by atoms with Crippen LogP contribution in [0.1, 0.15) is 45.0 Å². The van der Waals surface area contributed by atoms with E-state index in [1.165, 1.54) is 19.1 Å². The molecule has 1 aliphatic heterocycles. The van der Waals surface area contributed by atoms with Gasteiger partial charge < -0.3 is 24.1 Å². The summed E-state index contributed by atoms with van der Waals surface area (Å²) >= 11 is 0.922. The molecule has 4 aromatic rings. The van der Waals surface area contributed by atoms with Crippen LogP contribution >= 0.6 is 11.3 Å². The van der Waals surface area contributed by atoms with Crippen molar-refractivity contribution in [3.05, 3.63) is 106 Å². The highest BCUT2D eigenvalue weighted by molar-refractivity contribution is 7.17. The lowest BCUT2D eigenvalue weighted by atomic mass is 9.95. The molecule has 0 radical (unpaired) electrons. The van der Waals surface area contributed by atoms with E-state index in [-0.39, 0.29) is 21.3 Å². The molecule has 11 heteroatoms. The predicted molar refractivity (Wildman–Crippen MR) is 164 cm³/mol. The molecule has 1 fully saturated rings. The molecule has 1 aromatic heterocycles. The lowest BCUT2D eigenvalue weighted by Gasteiger charge is -2.24. The summed E-state index contributed by atoms with van der Waals surface area (Å²) in [5, 5.41) is 11.6. The van der Waals surface area contributed by atoms with Crippen LogP contribution in [0.15, 0.2) is 78.4 Å². The van der Waals surface area contributed by atoms with Crippen LogP contribution in [-0.2, 0) is 20.9 Å². The number of aliphatic hydroxyl groups is 1. The zero-order valence-corrected chi connectivity index (χ0v) is 25.3. The summed E-state index contributed by atoms with van der Waals surface area (Å²) in [6, 6.07) is 20.1. The number of aliphatic hydroxyl groups excluding tert-OH is 1. The standard InChI is InChI=1S/C33H30N2O8S/c1-5-42-25-17-22(13-16-24(25)43-18-20-9-7-6-8-10-20)27-26(28(36)21-11-14-23(40-3)15-12-21)29(37)31(38)35(27)33-34-19(2)30(44-33)32(39)41-4/h6-17,27,36H,5,18H2,1-4H3/b28-26+. The normalized spacial score (nSPS) is 15.7. The Hall–Kier alpha value is -5.16. The lowest BCUT2D eigenvalue weighted by molar-refractivity contribution is -0.132. The van der Waals surface area contributed by atoms with E-state index in [1.807, 2.05) is 37.3 Å². The quantitative estimate of drug-likeness (QED) is 0.101. The first-order valence-electron chi connectivity index (χ1n) is 13.7. The Balaban J connectivity index is 1.64. The third-order valence-electron chi connectivity index (χ3n) is 6.99. The van der Waals surface area contributed by atoms with Crippen molar-refractivity contribution in [3.8, 4) is 17.2 Å². The number of aromatic nitrogens is 1. The third kappa shape index (κ3) is 5.86. The number of carbonyl (C=O) groups excluding carboxylic acids is 3. The molecule has 226 valence electrons. The van der Waals surface area contributed by atoms with E-state index < -0.39 is 23.7 Å². The Morgan fingerprint density at radius 2 is 1.70 bits per heavy atom. The average molecular weight is 615 g/mol. The number of hydrogen-bond donors (Lipinski definition) is 1. The van der Waals surface area contributed by atoms with Crippen molar-refractivity contribution in [3.63, 3.8) is 0 Å². The largest absolute Gasteiger partial charge is 0.507 e. The van der Waals surface area contributed by atoms with Gasteiger partial charge in [-0.2, -0.15) is 0 Å². The molecule has 3 aromatic carbocycles. The van der Waals surface area contributed by atoms with Crippen molar-refractivity contribution in [2.75, 3.05) is 25.7 Å². The molecule has 44 heavy (non-hydrogen) atoms. The second kappa shape index (κ2) is 13.0. The van der Waals surface area contributed by atoms with Gasteiger partial charge >= 0.3 is 11.9 Å². The molecule has 1 unspecified atom stereocenters. The highest BCUT2D eigenvalue weighted by Gasteiger charge is 2.48. The van der Waals surface area contributed by atoms with Gasteiger partial charge in [0.25, 0.3) is 5.78 Å². The van der Waals surface area contributed by atoms with Gasteiger partial charge in [0.1, 0.15) is 23.0 Å². The van der Waals surface area contributed by atoms with Gasteiger partial charge in [-0.05, 0) is 61.4 Å². The van der Waals surface area contributed by atoms with E-state index in [9.17, 15) is 19.5 Å². The van der Waals surface area contributed by atoms with Crippen molar-refractivity contribution < 1.29 is 38.4 Å². The highest BCUT2D eigenvalue weighted by Crippen LogP contribution is 2.45. The van der Waals surface area contributed by atoms with Gasteiger partial charge in [-0.15, -0.1) is 0 Å². The van der Waals surface area contributed by atoms with E-state index in [0.29, 0.717) is 47.3 Å². The SMILES string of the molecule is CCOc1cc(C2/C(=C(\O)c3ccc(OC)cc3)C(=O)C(=O)N2c2nc(C)c(C(=O)OC)s2)ccc1OCc1ccccc1. The Morgan fingerprint density at radius 3 is 2.36 bits per heavy atom. The maximum absolute atomic E-state index is 13.6. The first-order chi connectivity index (χ1) is 21.3. The summed E-state index contributed by atoms with van der Waals surface area (Å²) in [5.41, 5.74) is 1.93. The average Bonchev–Trinajstić information content (AvgIpc) is 3.56. The molecule has 2 heterocycles. The number of Topliss-reactive ketones (excluding diaryl/α,β-unsaturated/α-hetero) is 1. The summed E-state index contributed by atoms with van der Waals surface area (Å²) in [5.74, 6) is -1.39. The molecule has 0 aliphatic carbocycles. The summed E-state index contributed by atoms with van der Waals surface area (Å²) in [7, 11) is 2.76. The monoisotopic (exact) mass is 614 g/mol. The number of ether oxygens (including phenoxy) is 4. The number of amides is 1. The number of benzene rings is 3. The van der Waals surface area contributed by atoms with Crippen LogP contribution in [0.2, 0.25) is 0 Å². The van der Waals surface area contributed by atoms with E-state index in [4.69, 9.17) is 18.9 Å². The number of thiazole rings is 1. The van der Waals surface area contributed by atoms with Crippen molar-refractivity contribution in [2.24, 2.45) is 0 Å². The summed E-state index contributed by atoms with van der Waals surface area (Å²) in [6.07, 6.45) is 0. The number of methoxy groups -OCH3 is 2. The van der Waals surface area contributed by atoms with Crippen LogP contribution in [0.3, 0.4) is 0 Å². The molecule has 1 N–H and O–H groups in total. The second-order valence-electron chi connectivity index (χ2n) is 9.71. The van der Waals surface area contributed by atoms with Crippen LogP contribution in [0.4, 0.5) is 5.13 Å². The van der Waals surface area contributed by atoms with Crippen molar-refractivity contribution >= 4 is 39.9 Å². The molecule has 5 rings (SSSR count). The van der Waals surface area contributed by atoms with Crippen LogP contribution in [0.5, 0.6) is 17.2 Å². The number of anilines is 1. The van der Waals surface area contributed by atoms with Gasteiger partial charge in [0.2, 0.25) is 0 Å². The number of aryl methyl sites for hydroxylation is 1. The topological polar surface area (TPSA) is 124 Å².